The molecule has 0 radical (unpaired) electrons. The maximum absolute atomic E-state index is 13.7. The Kier molecular flexibility index (Phi) is 26.0. The molecule has 8 atom stereocenters. The third-order valence-electron chi connectivity index (χ3n) is 8.75. The van der Waals surface area contributed by atoms with E-state index in [2.05, 4.69) is 31.9 Å². The highest BCUT2D eigenvalue weighted by Gasteiger charge is 2.36. The molecule has 17 N–H and O–H groups in total. The van der Waals surface area contributed by atoms with Crippen molar-refractivity contribution in [3.05, 3.63) is 0 Å². The van der Waals surface area contributed by atoms with Crippen LogP contribution in [0.4, 0.5) is 0 Å². The van der Waals surface area contributed by atoms with E-state index in [9.17, 15) is 88.2 Å². The summed E-state index contributed by atoms with van der Waals surface area (Å²) in [6, 6.07) is -12.5. The van der Waals surface area contributed by atoms with Crippen LogP contribution < -0.4 is 48.7 Å². The second-order valence-corrected chi connectivity index (χ2v) is 14.7. The van der Waals surface area contributed by atoms with Crippen molar-refractivity contribution in [1.82, 2.24) is 37.2 Å². The van der Waals surface area contributed by atoms with Crippen LogP contribution in [0.2, 0.25) is 0 Å². The van der Waals surface area contributed by atoms with Crippen LogP contribution in [-0.4, -0.2) is 163 Å². The molecule has 0 aromatic heterocycles. The van der Waals surface area contributed by atoms with E-state index < -0.39 is 171 Å². The maximum Gasteiger partial charge on any atom is 0.326 e. The Morgan fingerprint density at radius 3 is 1.21 bits per heavy atom. The van der Waals surface area contributed by atoms with Crippen molar-refractivity contribution < 1.29 is 88.2 Å². The quantitative estimate of drug-likeness (QED) is 0.0280. The minimum atomic E-state index is -2.10. The van der Waals surface area contributed by atoms with Gasteiger partial charge in [-0.05, 0) is 57.9 Å². The summed E-state index contributed by atoms with van der Waals surface area (Å²) in [5.74, 6) is -16.5. The predicted molar refractivity (Wildman–Crippen MR) is 212 cm³/mol. The predicted octanol–water partition coefficient (Wildman–Crippen LogP) is -5.34. The first kappa shape index (κ1) is 56.5. The van der Waals surface area contributed by atoms with Gasteiger partial charge in [0.1, 0.15) is 42.3 Å². The molecule has 0 aliphatic carbocycles. The number of hydrogen-bond donors (Lipinski definition) is 15. The zero-order valence-electron chi connectivity index (χ0n) is 34.9. The van der Waals surface area contributed by atoms with E-state index in [4.69, 9.17) is 11.5 Å². The Hall–Kier alpha value is -6.48. The summed E-state index contributed by atoms with van der Waals surface area (Å²) in [5.41, 5.74) is 10.7. The van der Waals surface area contributed by atoms with Crippen LogP contribution >= 0.6 is 0 Å². The topological polar surface area (TPSA) is 462 Å². The normalized spacial score (nSPS) is 14.7. The summed E-state index contributed by atoms with van der Waals surface area (Å²) in [6.45, 7) is 3.91. The lowest BCUT2D eigenvalue weighted by atomic mass is 10.0. The van der Waals surface area contributed by atoms with Crippen LogP contribution in [0, 0.1) is 5.92 Å². The molecule has 0 aliphatic heterocycles. The third-order valence-corrected chi connectivity index (χ3v) is 8.75. The summed E-state index contributed by atoms with van der Waals surface area (Å²) in [4.78, 5) is 150. The monoisotopic (exact) mass is 905 g/mol. The number of carboxylic acids is 5. The van der Waals surface area contributed by atoms with Gasteiger partial charge in [-0.25, -0.2) is 4.79 Å². The van der Waals surface area contributed by atoms with Crippen LogP contribution in [0.1, 0.15) is 85.0 Å². The average Bonchev–Trinajstić information content (AvgIpc) is 3.17. The summed E-state index contributed by atoms with van der Waals surface area (Å²) in [7, 11) is 0. The number of nitrogens with one attached hydrogen (secondary N) is 7. The molecular formula is C36H59N9O18. The summed E-state index contributed by atoms with van der Waals surface area (Å²) < 4.78 is 0. The molecule has 0 bridgehead atoms. The van der Waals surface area contributed by atoms with E-state index in [1.54, 1.807) is 13.8 Å². The second-order valence-electron chi connectivity index (χ2n) is 14.7. The number of aliphatic hydroxyl groups is 1. The van der Waals surface area contributed by atoms with E-state index in [1.165, 1.54) is 0 Å². The molecule has 27 heteroatoms. The Bertz CT molecular complexity index is 1660. The average molecular weight is 906 g/mol. The molecule has 0 heterocycles. The zero-order valence-corrected chi connectivity index (χ0v) is 34.9. The van der Waals surface area contributed by atoms with Crippen molar-refractivity contribution in [3.63, 3.8) is 0 Å². The first-order valence-electron chi connectivity index (χ1n) is 19.6. The molecule has 27 nitrogen and oxygen atoms in total. The Morgan fingerprint density at radius 1 is 0.460 bits per heavy atom. The van der Waals surface area contributed by atoms with Gasteiger partial charge in [0, 0.05) is 12.8 Å². The fraction of sp³-hybridized carbons (Fsp3) is 0.667. The number of aliphatic hydroxyl groups excluding tert-OH is 1. The fourth-order valence-electron chi connectivity index (χ4n) is 5.55. The highest BCUT2D eigenvalue weighted by Crippen LogP contribution is 2.10. The lowest BCUT2D eigenvalue weighted by molar-refractivity contribution is -0.144. The summed E-state index contributed by atoms with van der Waals surface area (Å²) in [5, 5.41) is 72.1. The smallest absolute Gasteiger partial charge is 0.326 e. The van der Waals surface area contributed by atoms with Crippen molar-refractivity contribution in [3.8, 4) is 0 Å². The van der Waals surface area contributed by atoms with Crippen LogP contribution in [0.5, 0.6) is 0 Å². The molecule has 0 saturated carbocycles. The molecule has 0 unspecified atom stereocenters. The number of aliphatic carboxylic acids is 5. The molecular weight excluding hydrogens is 846 g/mol. The minimum absolute atomic E-state index is 0.0821. The summed E-state index contributed by atoms with van der Waals surface area (Å²) >= 11 is 0. The van der Waals surface area contributed by atoms with E-state index in [0.29, 0.717) is 6.42 Å². The van der Waals surface area contributed by atoms with Gasteiger partial charge in [-0.1, -0.05) is 13.8 Å². The van der Waals surface area contributed by atoms with Gasteiger partial charge in [0.2, 0.25) is 41.4 Å². The van der Waals surface area contributed by atoms with Crippen molar-refractivity contribution in [2.45, 2.75) is 133 Å². The van der Waals surface area contributed by atoms with Gasteiger partial charge in [-0.2, -0.15) is 0 Å². The van der Waals surface area contributed by atoms with E-state index in [-0.39, 0.29) is 25.8 Å². The molecule has 7 amide bonds. The maximum atomic E-state index is 13.7. The van der Waals surface area contributed by atoms with Gasteiger partial charge < -0.3 is 79.3 Å². The molecule has 0 fully saturated rings. The molecule has 63 heavy (non-hydrogen) atoms. The molecule has 0 saturated heterocycles. The number of amides is 7. The van der Waals surface area contributed by atoms with Crippen molar-refractivity contribution in [1.29, 1.82) is 0 Å². The largest absolute Gasteiger partial charge is 0.481 e. The highest BCUT2D eigenvalue weighted by molar-refractivity contribution is 5.99. The molecule has 0 aromatic carbocycles. The van der Waals surface area contributed by atoms with Crippen LogP contribution in [0.3, 0.4) is 0 Å². The molecule has 0 aliphatic rings. The Morgan fingerprint density at radius 2 is 0.841 bits per heavy atom. The van der Waals surface area contributed by atoms with E-state index >= 15 is 0 Å². The third kappa shape index (κ3) is 23.4. The Balaban J connectivity index is 6.59. The van der Waals surface area contributed by atoms with Gasteiger partial charge in [0.15, 0.2) is 0 Å². The van der Waals surface area contributed by atoms with Crippen LogP contribution in [-0.2, 0) is 57.5 Å². The SMILES string of the molecule is CC(C)C[C@H](NC(=O)[C@H](CCC(=O)O)NC(=O)[C@H](CC(=O)O)NC(=O)[C@H](CCC(=O)O)NC(=O)[C@@H](NC(=O)CN)[C@@H](C)O)C(=O)N[C@@H](CC(=O)O)C(=O)N[C@@H](CCCCN)C(=O)O. The number of carbonyl (C=O) groups is 12. The number of unbranched alkanes of at least 4 members (excludes halogenated alkanes) is 1. The summed E-state index contributed by atoms with van der Waals surface area (Å²) in [6.07, 6.45) is -6.35. The number of carboxylic acid groups (broad SMARTS) is 5. The van der Waals surface area contributed by atoms with E-state index in [1.807, 2.05) is 5.32 Å². The van der Waals surface area contributed by atoms with Gasteiger partial charge in [-0.3, -0.25) is 52.7 Å². The number of rotatable bonds is 32. The lowest BCUT2D eigenvalue weighted by Gasteiger charge is -2.28. The number of hydrogen-bond acceptors (Lipinski definition) is 15. The molecule has 356 valence electrons. The van der Waals surface area contributed by atoms with Crippen molar-refractivity contribution in [2.75, 3.05) is 13.1 Å². The van der Waals surface area contributed by atoms with Crippen molar-refractivity contribution in [2.24, 2.45) is 17.4 Å². The standard InChI is InChI=1S/C36H59N9O18/c1-16(2)12-21(32(58)44-23(14-28(54)55)34(60)41-20(36(62)63)6-4-5-11-37)42-30(56)18(7-9-25(48)49)39-33(59)22(13-27(52)53)43-31(57)19(8-10-26(50)51)40-35(61)29(17(3)46)45-24(47)15-38/h16-23,29,46H,4-15,37-38H2,1-3H3,(H,39,59)(H,40,61)(H,41,60)(H,42,56)(H,43,57)(H,44,58)(H,45,47)(H,48,49)(H,50,51)(H,52,53)(H,54,55)(H,62,63)/t17-,18+,19+,20+,21+,22+,23+,29+/m1/s1. The number of nitrogens with two attached hydrogens (primary N) is 2. The highest BCUT2D eigenvalue weighted by atomic mass is 16.4. The number of carbonyl (C=O) groups excluding carboxylic acids is 7. The molecule has 0 aromatic rings. The van der Waals surface area contributed by atoms with Gasteiger partial charge in [-0.15, -0.1) is 0 Å². The molecule has 0 spiro atoms. The van der Waals surface area contributed by atoms with Gasteiger partial charge >= 0.3 is 29.8 Å². The minimum Gasteiger partial charge on any atom is -0.481 e. The van der Waals surface area contributed by atoms with E-state index in [0.717, 1.165) is 6.92 Å². The van der Waals surface area contributed by atoms with Crippen LogP contribution in [0.15, 0.2) is 0 Å². The first-order chi connectivity index (χ1) is 29.3. The van der Waals surface area contributed by atoms with Gasteiger partial charge in [0.05, 0.1) is 25.5 Å². The zero-order chi connectivity index (χ0) is 48.6. The Labute approximate surface area is 360 Å². The fourth-order valence-corrected chi connectivity index (χ4v) is 5.55. The lowest BCUT2D eigenvalue weighted by Crippen LogP contribution is -2.61. The van der Waals surface area contributed by atoms with Gasteiger partial charge in [0.25, 0.3) is 0 Å². The van der Waals surface area contributed by atoms with Crippen molar-refractivity contribution >= 4 is 71.2 Å². The first-order valence-corrected chi connectivity index (χ1v) is 19.6. The second kappa shape index (κ2) is 28.9. The molecule has 0 rings (SSSR count). The van der Waals surface area contributed by atoms with Crippen LogP contribution in [0.25, 0.3) is 0 Å².